The number of amides is 2. The topological polar surface area (TPSA) is 40.6 Å². The Morgan fingerprint density at radius 1 is 1.03 bits per heavy atom. The van der Waals surface area contributed by atoms with Gasteiger partial charge in [0.05, 0.1) is 0 Å². The lowest BCUT2D eigenvalue weighted by atomic mass is 9.84. The molecular weight excluding hydrogens is 448 g/mol. The van der Waals surface area contributed by atoms with Gasteiger partial charge in [-0.05, 0) is 55.0 Å². The number of carbonyl (C=O) groups is 2. The number of nitrogens with zero attached hydrogens (tertiary/aromatic N) is 2. The molecule has 8 heteroatoms. The van der Waals surface area contributed by atoms with Gasteiger partial charge in [0.2, 0.25) is 11.8 Å². The lowest BCUT2D eigenvalue weighted by Gasteiger charge is -2.40. The van der Waals surface area contributed by atoms with Gasteiger partial charge in [0.1, 0.15) is 23.3 Å². The smallest absolute Gasteiger partial charge is 0.246 e. The van der Waals surface area contributed by atoms with Gasteiger partial charge in [-0.15, -0.1) is 0 Å². The van der Waals surface area contributed by atoms with Crippen molar-refractivity contribution in [1.29, 1.82) is 0 Å². The molecule has 1 fully saturated rings. The number of rotatable bonds is 7. The summed E-state index contributed by atoms with van der Waals surface area (Å²) in [5, 5.41) is 0. The zero-order chi connectivity index (χ0) is 24.8. The van der Waals surface area contributed by atoms with Crippen LogP contribution >= 0.6 is 0 Å². The molecule has 2 aromatic carbocycles. The Morgan fingerprint density at radius 2 is 1.65 bits per heavy atom. The average molecular weight is 477 g/mol. The van der Waals surface area contributed by atoms with Gasteiger partial charge in [0.15, 0.2) is 0 Å². The standard InChI is InChI=1S/C26H28F4N2O2/c1-3-25(33)31(2)24(14-19-5-8-21(28)16-23(19)30)18-10-12-32(13-11-18)26(34)9-6-17-4-7-20(27)15-22(17)29/h4-9,15-16,18,24H,3,10-14H2,1-2H3/b9-6+. The number of halogens is 4. The Bertz CT molecular complexity index is 1060. The predicted molar refractivity (Wildman–Crippen MR) is 122 cm³/mol. The van der Waals surface area contributed by atoms with E-state index >= 15 is 0 Å². The fourth-order valence-corrected chi connectivity index (χ4v) is 4.37. The van der Waals surface area contributed by atoms with Crippen LogP contribution in [0, 0.1) is 29.2 Å². The van der Waals surface area contributed by atoms with E-state index in [1.54, 1.807) is 23.8 Å². The van der Waals surface area contributed by atoms with E-state index in [0.717, 1.165) is 18.2 Å². The quantitative estimate of drug-likeness (QED) is 0.418. The Morgan fingerprint density at radius 3 is 2.24 bits per heavy atom. The second-order valence-corrected chi connectivity index (χ2v) is 8.53. The fraction of sp³-hybridized carbons (Fsp3) is 0.385. The molecule has 1 heterocycles. The second kappa shape index (κ2) is 11.3. The van der Waals surface area contributed by atoms with E-state index in [-0.39, 0.29) is 35.8 Å². The summed E-state index contributed by atoms with van der Waals surface area (Å²) in [5.74, 6) is -3.08. The molecule has 2 aromatic rings. The molecule has 0 spiro atoms. The molecule has 1 atom stereocenters. The first-order chi connectivity index (χ1) is 16.2. The van der Waals surface area contributed by atoms with Gasteiger partial charge in [-0.1, -0.05) is 13.0 Å². The first kappa shape index (κ1) is 25.5. The van der Waals surface area contributed by atoms with Gasteiger partial charge in [-0.3, -0.25) is 9.59 Å². The van der Waals surface area contributed by atoms with Crippen molar-refractivity contribution < 1.29 is 27.2 Å². The summed E-state index contributed by atoms with van der Waals surface area (Å²) in [4.78, 5) is 28.2. The molecule has 1 aliphatic heterocycles. The van der Waals surface area contributed by atoms with Crippen LogP contribution in [-0.2, 0) is 16.0 Å². The molecule has 2 amide bonds. The number of benzene rings is 2. The Labute approximate surface area is 196 Å². The predicted octanol–water partition coefficient (Wildman–Crippen LogP) is 4.97. The normalized spacial score (nSPS) is 15.5. The number of hydrogen-bond donors (Lipinski definition) is 0. The minimum atomic E-state index is -0.748. The number of carbonyl (C=O) groups excluding carboxylic acids is 2. The van der Waals surface area contributed by atoms with Gasteiger partial charge in [0, 0.05) is 56.4 Å². The number of hydrogen-bond acceptors (Lipinski definition) is 2. The monoisotopic (exact) mass is 476 g/mol. The second-order valence-electron chi connectivity index (χ2n) is 8.53. The highest BCUT2D eigenvalue weighted by molar-refractivity contribution is 5.91. The van der Waals surface area contributed by atoms with Crippen LogP contribution in [-0.4, -0.2) is 47.8 Å². The number of piperidine rings is 1. The van der Waals surface area contributed by atoms with Crippen molar-refractivity contribution in [3.8, 4) is 0 Å². The molecule has 3 rings (SSSR count). The first-order valence-electron chi connectivity index (χ1n) is 11.3. The van der Waals surface area contributed by atoms with Crippen LogP contribution in [0.15, 0.2) is 42.5 Å². The number of likely N-dealkylation sites (tertiary alicyclic amines) is 1. The summed E-state index contributed by atoms with van der Waals surface area (Å²) in [7, 11) is 1.69. The van der Waals surface area contributed by atoms with Crippen molar-refractivity contribution >= 4 is 17.9 Å². The number of likely N-dealkylation sites (N-methyl/N-ethyl adjacent to an activating group) is 1. The molecule has 4 nitrogen and oxygen atoms in total. The molecular formula is C26H28F4N2O2. The van der Waals surface area contributed by atoms with Crippen molar-refractivity contribution in [1.82, 2.24) is 9.80 Å². The Balaban J connectivity index is 1.67. The van der Waals surface area contributed by atoms with E-state index in [0.29, 0.717) is 37.9 Å². The summed E-state index contributed by atoms with van der Waals surface area (Å²) >= 11 is 0. The highest BCUT2D eigenvalue weighted by Gasteiger charge is 2.32. The Kier molecular flexibility index (Phi) is 8.47. The highest BCUT2D eigenvalue weighted by atomic mass is 19.1. The average Bonchev–Trinajstić information content (AvgIpc) is 2.82. The molecule has 182 valence electrons. The van der Waals surface area contributed by atoms with E-state index in [4.69, 9.17) is 0 Å². The lowest BCUT2D eigenvalue weighted by Crippen LogP contribution is -2.48. The summed E-state index contributed by atoms with van der Waals surface area (Å²) in [5.41, 5.74) is 0.454. The van der Waals surface area contributed by atoms with Gasteiger partial charge in [-0.25, -0.2) is 17.6 Å². The molecule has 0 bridgehead atoms. The minimum absolute atomic E-state index is 0.0209. The van der Waals surface area contributed by atoms with E-state index in [9.17, 15) is 27.2 Å². The van der Waals surface area contributed by atoms with Crippen LogP contribution in [0.25, 0.3) is 6.08 Å². The van der Waals surface area contributed by atoms with E-state index in [2.05, 4.69) is 0 Å². The third kappa shape index (κ3) is 6.24. The lowest BCUT2D eigenvalue weighted by molar-refractivity contribution is -0.134. The maximum Gasteiger partial charge on any atom is 0.246 e. The van der Waals surface area contributed by atoms with Crippen LogP contribution in [0.2, 0.25) is 0 Å². The summed E-state index contributed by atoms with van der Waals surface area (Å²) < 4.78 is 54.5. The maximum atomic E-state index is 14.3. The third-order valence-electron chi connectivity index (χ3n) is 6.40. The molecule has 0 saturated carbocycles. The molecule has 1 unspecified atom stereocenters. The summed E-state index contributed by atoms with van der Waals surface area (Å²) in [6.07, 6.45) is 4.32. The molecule has 0 N–H and O–H groups in total. The zero-order valence-corrected chi connectivity index (χ0v) is 19.2. The van der Waals surface area contributed by atoms with Crippen LogP contribution in [0.1, 0.15) is 37.3 Å². The summed E-state index contributed by atoms with van der Waals surface area (Å²) in [6.45, 7) is 2.61. The van der Waals surface area contributed by atoms with Crippen LogP contribution < -0.4 is 0 Å². The fourth-order valence-electron chi connectivity index (χ4n) is 4.37. The maximum absolute atomic E-state index is 14.3. The van der Waals surface area contributed by atoms with Crippen molar-refractivity contribution in [3.63, 3.8) is 0 Å². The highest BCUT2D eigenvalue weighted by Crippen LogP contribution is 2.28. The van der Waals surface area contributed by atoms with E-state index in [1.165, 1.54) is 30.4 Å². The van der Waals surface area contributed by atoms with Crippen molar-refractivity contribution in [2.45, 2.75) is 38.6 Å². The van der Waals surface area contributed by atoms with E-state index in [1.807, 2.05) is 0 Å². The zero-order valence-electron chi connectivity index (χ0n) is 19.2. The van der Waals surface area contributed by atoms with Crippen molar-refractivity contribution in [3.05, 3.63) is 76.9 Å². The minimum Gasteiger partial charge on any atom is -0.342 e. The molecule has 34 heavy (non-hydrogen) atoms. The van der Waals surface area contributed by atoms with Gasteiger partial charge in [0.25, 0.3) is 0 Å². The van der Waals surface area contributed by atoms with Crippen molar-refractivity contribution in [2.75, 3.05) is 20.1 Å². The SMILES string of the molecule is CCC(=O)N(C)C(Cc1ccc(F)cc1F)C1CCN(C(=O)/C=C/c2ccc(F)cc2F)CC1. The molecule has 0 aliphatic carbocycles. The largest absolute Gasteiger partial charge is 0.342 e. The van der Waals surface area contributed by atoms with Gasteiger partial charge in [-0.2, -0.15) is 0 Å². The van der Waals surface area contributed by atoms with Gasteiger partial charge < -0.3 is 9.80 Å². The summed E-state index contributed by atoms with van der Waals surface area (Å²) in [6, 6.07) is 6.29. The Hall–Kier alpha value is -3.16. The molecule has 1 saturated heterocycles. The molecule has 0 radical (unpaired) electrons. The van der Waals surface area contributed by atoms with Crippen molar-refractivity contribution in [2.24, 2.45) is 5.92 Å². The molecule has 1 aliphatic rings. The van der Waals surface area contributed by atoms with Crippen LogP contribution in [0.5, 0.6) is 0 Å². The third-order valence-corrected chi connectivity index (χ3v) is 6.40. The molecule has 0 aromatic heterocycles. The first-order valence-corrected chi connectivity index (χ1v) is 11.3. The van der Waals surface area contributed by atoms with E-state index < -0.39 is 23.3 Å². The van der Waals surface area contributed by atoms with Gasteiger partial charge >= 0.3 is 0 Å². The van der Waals surface area contributed by atoms with Crippen LogP contribution in [0.4, 0.5) is 17.6 Å². The van der Waals surface area contributed by atoms with Crippen LogP contribution in [0.3, 0.4) is 0 Å².